The number of piperazine rings is 1. The molecular weight excluding hydrogens is 317 g/mol. The Morgan fingerprint density at radius 2 is 1.80 bits per heavy atom. The summed E-state index contributed by atoms with van der Waals surface area (Å²) < 4.78 is 5.09. The van der Waals surface area contributed by atoms with Gasteiger partial charge >= 0.3 is 18.9 Å². The molecule has 0 aromatic carbocycles. The van der Waals surface area contributed by atoms with Gasteiger partial charge in [-0.1, -0.05) is 0 Å². The summed E-state index contributed by atoms with van der Waals surface area (Å²) in [4.78, 5) is 31.7. The Labute approximate surface area is 158 Å². The van der Waals surface area contributed by atoms with Gasteiger partial charge in [0.1, 0.15) is 0 Å². The number of amides is 1. The third-order valence-electron chi connectivity index (χ3n) is 4.98. The number of carboxylic acid groups (broad SMARTS) is 1. The van der Waals surface area contributed by atoms with Gasteiger partial charge < -0.3 is 24.4 Å². The summed E-state index contributed by atoms with van der Waals surface area (Å²) >= 11 is 0. The van der Waals surface area contributed by atoms with Crippen molar-refractivity contribution in [2.45, 2.75) is 18.8 Å². The maximum Gasteiger partial charge on any atom is 1.00 e. The van der Waals surface area contributed by atoms with Gasteiger partial charge in [-0.3, -0.25) is 9.78 Å². The van der Waals surface area contributed by atoms with Gasteiger partial charge in [0.2, 0.25) is 5.91 Å². The van der Waals surface area contributed by atoms with Gasteiger partial charge in [-0.15, -0.1) is 0 Å². The number of anilines is 1. The van der Waals surface area contributed by atoms with Crippen LogP contribution in [-0.2, 0) is 9.53 Å². The molecule has 2 saturated heterocycles. The molecule has 1 saturated carbocycles. The van der Waals surface area contributed by atoms with E-state index in [9.17, 15) is 14.7 Å². The van der Waals surface area contributed by atoms with Crippen LogP contribution in [0.5, 0.6) is 0 Å². The molecule has 0 radical (unpaired) electrons. The third kappa shape index (κ3) is 3.84. The second-order valence-corrected chi connectivity index (χ2v) is 6.74. The van der Waals surface area contributed by atoms with E-state index in [0.717, 1.165) is 24.2 Å². The average Bonchev–Trinajstić information content (AvgIpc) is 3.38. The average molecular weight is 337 g/mol. The minimum Gasteiger partial charge on any atom is -0.543 e. The number of nitrogens with zero attached hydrogens (tertiary/aromatic N) is 3. The molecule has 0 unspecified atom stereocenters. The van der Waals surface area contributed by atoms with E-state index in [1.165, 1.54) is 0 Å². The van der Waals surface area contributed by atoms with E-state index >= 15 is 0 Å². The fourth-order valence-corrected chi connectivity index (χ4v) is 3.23. The van der Waals surface area contributed by atoms with Gasteiger partial charge in [-0.05, 0) is 25.0 Å². The molecule has 7 nitrogen and oxygen atoms in total. The monoisotopic (exact) mass is 337 g/mol. The summed E-state index contributed by atoms with van der Waals surface area (Å²) in [5.74, 6) is -0.671. The van der Waals surface area contributed by atoms with Crippen molar-refractivity contribution in [3.05, 3.63) is 23.5 Å². The van der Waals surface area contributed by atoms with Gasteiger partial charge in [0.25, 0.3) is 0 Å². The van der Waals surface area contributed by atoms with E-state index in [-0.39, 0.29) is 36.4 Å². The molecule has 4 rings (SSSR count). The van der Waals surface area contributed by atoms with Crippen LogP contribution < -0.4 is 28.9 Å². The SMILES string of the molecule is O=C([O-])c1cc(N2CCN(C(=O)C3COC3)CC2)cc(C2CC2)n1.[Li+]. The number of pyridine rings is 1. The molecule has 0 N–H and O–H groups in total. The Morgan fingerprint density at radius 1 is 1.12 bits per heavy atom. The van der Waals surface area contributed by atoms with Gasteiger partial charge in [0, 0.05) is 43.5 Å². The largest absolute Gasteiger partial charge is 1.00 e. The smallest absolute Gasteiger partial charge is 0.543 e. The second-order valence-electron chi connectivity index (χ2n) is 6.74. The minimum atomic E-state index is -1.24. The fourth-order valence-electron chi connectivity index (χ4n) is 3.23. The number of carboxylic acids is 1. The molecule has 3 heterocycles. The van der Waals surface area contributed by atoms with Crippen LogP contribution in [0, 0.1) is 5.92 Å². The molecule has 1 aromatic heterocycles. The first-order valence-corrected chi connectivity index (χ1v) is 8.46. The number of hydrogen-bond acceptors (Lipinski definition) is 6. The summed E-state index contributed by atoms with van der Waals surface area (Å²) in [6.45, 7) is 3.75. The van der Waals surface area contributed by atoms with Gasteiger partial charge in [-0.2, -0.15) is 0 Å². The standard InChI is InChI=1S/C17H21N3O4.Li/c21-16(12-9-24-10-12)20-5-3-19(4-6-20)13-7-14(11-1-2-11)18-15(8-13)17(22)23;/h7-8,11-12H,1-6,9-10H2,(H,22,23);/q;+1/p-1. The molecule has 1 aliphatic carbocycles. The zero-order chi connectivity index (χ0) is 16.7. The molecule has 2 aliphatic heterocycles. The van der Waals surface area contributed by atoms with E-state index in [1.807, 2.05) is 11.0 Å². The Morgan fingerprint density at radius 3 is 2.32 bits per heavy atom. The van der Waals surface area contributed by atoms with Crippen molar-refractivity contribution in [3.8, 4) is 0 Å². The molecule has 0 bridgehead atoms. The first kappa shape index (κ1) is 18.2. The quantitative estimate of drug-likeness (QED) is 0.533. The van der Waals surface area contributed by atoms with Crippen molar-refractivity contribution in [3.63, 3.8) is 0 Å². The molecule has 8 heteroatoms. The Hall–Kier alpha value is -1.55. The molecule has 1 amide bonds. The summed E-state index contributed by atoms with van der Waals surface area (Å²) in [6, 6.07) is 3.57. The van der Waals surface area contributed by atoms with Crippen molar-refractivity contribution in [2.75, 3.05) is 44.3 Å². The number of rotatable bonds is 4. The Balaban J connectivity index is 0.00000182. The summed E-state index contributed by atoms with van der Waals surface area (Å²) in [6.07, 6.45) is 2.13. The maximum absolute atomic E-state index is 12.3. The number of carbonyl (C=O) groups excluding carboxylic acids is 2. The van der Waals surface area contributed by atoms with E-state index in [1.54, 1.807) is 6.07 Å². The predicted octanol–water partition coefficient (Wildman–Crippen LogP) is -3.38. The molecule has 128 valence electrons. The zero-order valence-corrected chi connectivity index (χ0v) is 14.4. The van der Waals surface area contributed by atoms with E-state index in [4.69, 9.17) is 4.74 Å². The van der Waals surface area contributed by atoms with Gasteiger partial charge in [0.15, 0.2) is 0 Å². The van der Waals surface area contributed by atoms with Crippen molar-refractivity contribution < 1.29 is 38.3 Å². The van der Waals surface area contributed by atoms with Crippen molar-refractivity contribution in [1.82, 2.24) is 9.88 Å². The number of aromatic nitrogens is 1. The number of ether oxygens (including phenoxy) is 1. The first-order chi connectivity index (χ1) is 11.6. The fraction of sp³-hybridized carbons (Fsp3) is 0.588. The Bertz CT molecular complexity index is 668. The summed E-state index contributed by atoms with van der Waals surface area (Å²) in [5.41, 5.74) is 1.71. The molecule has 1 aromatic rings. The molecule has 3 fully saturated rings. The first-order valence-electron chi connectivity index (χ1n) is 8.46. The van der Waals surface area contributed by atoms with Crippen molar-refractivity contribution in [2.24, 2.45) is 5.92 Å². The zero-order valence-electron chi connectivity index (χ0n) is 14.4. The number of aromatic carboxylic acids is 1. The van der Waals surface area contributed by atoms with E-state index < -0.39 is 5.97 Å². The van der Waals surface area contributed by atoms with Crippen LogP contribution in [0.15, 0.2) is 12.1 Å². The minimum absolute atomic E-state index is 0. The Kier molecular flexibility index (Phi) is 5.37. The molecule has 0 spiro atoms. The summed E-state index contributed by atoms with van der Waals surface area (Å²) in [7, 11) is 0. The van der Waals surface area contributed by atoms with E-state index in [2.05, 4.69) is 9.88 Å². The second kappa shape index (κ2) is 7.36. The van der Waals surface area contributed by atoms with Crippen molar-refractivity contribution >= 4 is 17.6 Å². The van der Waals surface area contributed by atoms with Crippen molar-refractivity contribution in [1.29, 1.82) is 0 Å². The number of carbonyl (C=O) groups is 2. The summed E-state index contributed by atoms with van der Waals surface area (Å²) in [5, 5.41) is 11.2. The molecule has 0 atom stereocenters. The van der Waals surface area contributed by atoms with Crippen LogP contribution in [-0.4, -0.2) is 61.2 Å². The maximum atomic E-state index is 12.3. The predicted molar refractivity (Wildman–Crippen MR) is 83.6 cm³/mol. The van der Waals surface area contributed by atoms with Gasteiger partial charge in [-0.25, -0.2) is 0 Å². The van der Waals surface area contributed by atoms with Crippen LogP contribution in [0.3, 0.4) is 0 Å². The van der Waals surface area contributed by atoms with Crippen LogP contribution in [0.2, 0.25) is 0 Å². The normalized spacial score (nSPS) is 20.6. The molecular formula is C17H20LiN3O4. The van der Waals surface area contributed by atoms with Crippen LogP contribution >= 0.6 is 0 Å². The van der Waals surface area contributed by atoms with Gasteiger partial charge in [0.05, 0.1) is 30.8 Å². The molecule has 25 heavy (non-hydrogen) atoms. The topological polar surface area (TPSA) is 85.8 Å². The van der Waals surface area contributed by atoms with Crippen LogP contribution in [0.25, 0.3) is 0 Å². The number of hydrogen-bond donors (Lipinski definition) is 0. The molecule has 3 aliphatic rings. The van der Waals surface area contributed by atoms with Crippen LogP contribution in [0.1, 0.15) is 34.9 Å². The van der Waals surface area contributed by atoms with E-state index in [0.29, 0.717) is 45.3 Å². The third-order valence-corrected chi connectivity index (χ3v) is 4.98. The van der Waals surface area contributed by atoms with Crippen LogP contribution in [0.4, 0.5) is 5.69 Å².